The van der Waals surface area contributed by atoms with Crippen LogP contribution in [0.4, 0.5) is 10.8 Å². The van der Waals surface area contributed by atoms with Crippen LogP contribution in [0.3, 0.4) is 0 Å². The Hall–Kier alpha value is -2.66. The molecule has 0 radical (unpaired) electrons. The van der Waals surface area contributed by atoms with E-state index in [0.29, 0.717) is 5.82 Å². The van der Waals surface area contributed by atoms with Gasteiger partial charge in [0.1, 0.15) is 0 Å². The van der Waals surface area contributed by atoms with Gasteiger partial charge in [-0.15, -0.1) is 0 Å². The summed E-state index contributed by atoms with van der Waals surface area (Å²) < 4.78 is 4.38. The summed E-state index contributed by atoms with van der Waals surface area (Å²) in [5, 5.41) is 7.45. The molecule has 0 saturated heterocycles. The van der Waals surface area contributed by atoms with Crippen LogP contribution in [0.2, 0.25) is 0 Å². The summed E-state index contributed by atoms with van der Waals surface area (Å²) >= 11 is 1.36. The van der Waals surface area contributed by atoms with E-state index in [-0.39, 0.29) is 0 Å². The Labute approximate surface area is 146 Å². The molecule has 0 amide bonds. The Balaban J connectivity index is 1.59. The van der Waals surface area contributed by atoms with Gasteiger partial charge in [-0.3, -0.25) is 0 Å². The van der Waals surface area contributed by atoms with Crippen molar-refractivity contribution in [3.8, 4) is 0 Å². The van der Waals surface area contributed by atoms with Gasteiger partial charge >= 0.3 is 0 Å². The molecule has 2 aromatic carbocycles. The molecule has 122 valence electrons. The minimum atomic E-state index is 0.715. The fourth-order valence-corrected chi connectivity index (χ4v) is 2.76. The second-order valence-electron chi connectivity index (χ2n) is 5.62. The first-order valence-corrected chi connectivity index (χ1v) is 8.60. The molecular formula is C19H20N4S. The van der Waals surface area contributed by atoms with Crippen LogP contribution in [0, 0.1) is 6.92 Å². The lowest BCUT2D eigenvalue weighted by atomic mass is 10.2. The van der Waals surface area contributed by atoms with Crippen molar-refractivity contribution in [3.05, 3.63) is 77.2 Å². The molecule has 0 atom stereocenters. The smallest absolute Gasteiger partial charge is 0.207 e. The Morgan fingerprint density at radius 3 is 2.58 bits per heavy atom. The summed E-state index contributed by atoms with van der Waals surface area (Å²) in [4.78, 5) is 4.50. The first-order chi connectivity index (χ1) is 11.7. The van der Waals surface area contributed by atoms with E-state index in [1.807, 2.05) is 43.3 Å². The first-order valence-electron chi connectivity index (χ1n) is 7.82. The zero-order chi connectivity index (χ0) is 16.8. The highest BCUT2D eigenvalue weighted by molar-refractivity contribution is 7.09. The van der Waals surface area contributed by atoms with E-state index in [1.165, 1.54) is 22.7 Å². The summed E-state index contributed by atoms with van der Waals surface area (Å²) in [6, 6.07) is 18.5. The van der Waals surface area contributed by atoms with Gasteiger partial charge in [0.15, 0.2) is 5.82 Å². The normalized spacial score (nSPS) is 11.3. The number of nitrogens with zero attached hydrogens (tertiary/aromatic N) is 2. The van der Waals surface area contributed by atoms with Crippen molar-refractivity contribution >= 4 is 28.4 Å². The number of aryl methyl sites for hydroxylation is 1. The van der Waals surface area contributed by atoms with Crippen molar-refractivity contribution in [2.75, 3.05) is 5.32 Å². The number of hydrogen-bond acceptors (Lipinski definition) is 5. The molecule has 2 N–H and O–H groups in total. The van der Waals surface area contributed by atoms with Gasteiger partial charge in [0, 0.05) is 35.5 Å². The van der Waals surface area contributed by atoms with Crippen LogP contribution in [0.5, 0.6) is 0 Å². The SMILES string of the molecule is C/C(=C\c1nsc(Nc2ccc(C)cc2)n1)NCc1ccccc1. The fourth-order valence-electron chi connectivity index (χ4n) is 2.19. The van der Waals surface area contributed by atoms with Crippen LogP contribution in [-0.2, 0) is 6.54 Å². The minimum absolute atomic E-state index is 0.715. The number of hydrogen-bond donors (Lipinski definition) is 2. The third kappa shape index (κ3) is 4.67. The van der Waals surface area contributed by atoms with E-state index in [9.17, 15) is 0 Å². The fraction of sp³-hybridized carbons (Fsp3) is 0.158. The van der Waals surface area contributed by atoms with Crippen molar-refractivity contribution in [2.45, 2.75) is 20.4 Å². The summed E-state index contributed by atoms with van der Waals surface area (Å²) in [5.74, 6) is 0.715. The molecule has 5 heteroatoms. The molecule has 0 aliphatic heterocycles. The summed E-state index contributed by atoms with van der Waals surface area (Å²) in [6.07, 6.45) is 1.96. The van der Waals surface area contributed by atoms with Crippen molar-refractivity contribution in [1.82, 2.24) is 14.7 Å². The van der Waals surface area contributed by atoms with E-state index in [2.05, 4.69) is 51.2 Å². The van der Waals surface area contributed by atoms with E-state index in [0.717, 1.165) is 23.1 Å². The summed E-state index contributed by atoms with van der Waals surface area (Å²) in [6.45, 7) is 4.89. The van der Waals surface area contributed by atoms with Gasteiger partial charge in [-0.05, 0) is 31.5 Å². The summed E-state index contributed by atoms with van der Waals surface area (Å²) in [7, 11) is 0. The number of allylic oxidation sites excluding steroid dienone is 1. The van der Waals surface area contributed by atoms with Gasteiger partial charge in [-0.1, -0.05) is 48.0 Å². The standard InChI is InChI=1S/C19H20N4S/c1-14-8-10-17(11-9-14)21-19-22-18(23-24-19)12-15(2)20-13-16-6-4-3-5-7-16/h3-12,20H,13H2,1-2H3,(H,21,22,23)/b15-12+. The van der Waals surface area contributed by atoms with Gasteiger partial charge in [0.2, 0.25) is 5.13 Å². The predicted octanol–water partition coefficient (Wildman–Crippen LogP) is 4.74. The topological polar surface area (TPSA) is 49.8 Å². The molecule has 1 aromatic heterocycles. The van der Waals surface area contributed by atoms with Gasteiger partial charge in [0.05, 0.1) is 0 Å². The Morgan fingerprint density at radius 1 is 1.08 bits per heavy atom. The van der Waals surface area contributed by atoms with Crippen LogP contribution in [0.25, 0.3) is 6.08 Å². The van der Waals surface area contributed by atoms with E-state index in [4.69, 9.17) is 0 Å². The molecule has 0 fully saturated rings. The highest BCUT2D eigenvalue weighted by Gasteiger charge is 2.03. The van der Waals surface area contributed by atoms with Crippen molar-refractivity contribution < 1.29 is 0 Å². The molecule has 0 spiro atoms. The lowest BCUT2D eigenvalue weighted by Crippen LogP contribution is -2.10. The molecule has 0 aliphatic carbocycles. The predicted molar refractivity (Wildman–Crippen MR) is 101 cm³/mol. The van der Waals surface area contributed by atoms with Crippen LogP contribution in [0.15, 0.2) is 60.3 Å². The molecule has 24 heavy (non-hydrogen) atoms. The van der Waals surface area contributed by atoms with Crippen LogP contribution in [0.1, 0.15) is 23.9 Å². The molecule has 1 heterocycles. The third-order valence-corrected chi connectivity index (χ3v) is 4.15. The largest absolute Gasteiger partial charge is 0.384 e. The average Bonchev–Trinajstić information content (AvgIpc) is 3.03. The molecular weight excluding hydrogens is 316 g/mol. The van der Waals surface area contributed by atoms with E-state index < -0.39 is 0 Å². The molecule has 0 saturated carbocycles. The third-order valence-electron chi connectivity index (χ3n) is 3.50. The monoisotopic (exact) mass is 336 g/mol. The van der Waals surface area contributed by atoms with Gasteiger partial charge < -0.3 is 10.6 Å². The first kappa shape index (κ1) is 16.2. The number of benzene rings is 2. The lowest BCUT2D eigenvalue weighted by molar-refractivity contribution is 0.817. The van der Waals surface area contributed by atoms with Crippen molar-refractivity contribution in [3.63, 3.8) is 0 Å². The number of rotatable bonds is 6. The Morgan fingerprint density at radius 2 is 1.83 bits per heavy atom. The van der Waals surface area contributed by atoms with E-state index in [1.54, 1.807) is 0 Å². The summed E-state index contributed by atoms with van der Waals surface area (Å²) in [5.41, 5.74) is 4.55. The maximum atomic E-state index is 4.50. The zero-order valence-corrected chi connectivity index (χ0v) is 14.6. The van der Waals surface area contributed by atoms with Crippen LogP contribution >= 0.6 is 11.5 Å². The van der Waals surface area contributed by atoms with Crippen molar-refractivity contribution in [1.29, 1.82) is 0 Å². The molecule has 4 nitrogen and oxygen atoms in total. The maximum absolute atomic E-state index is 4.50. The van der Waals surface area contributed by atoms with Gasteiger partial charge in [-0.2, -0.15) is 9.36 Å². The minimum Gasteiger partial charge on any atom is -0.384 e. The molecule has 3 rings (SSSR count). The van der Waals surface area contributed by atoms with Crippen molar-refractivity contribution in [2.24, 2.45) is 0 Å². The second-order valence-corrected chi connectivity index (χ2v) is 6.37. The molecule has 3 aromatic rings. The molecule has 0 bridgehead atoms. The number of aromatic nitrogens is 2. The molecule has 0 aliphatic rings. The maximum Gasteiger partial charge on any atom is 0.207 e. The quantitative estimate of drug-likeness (QED) is 0.682. The highest BCUT2D eigenvalue weighted by Crippen LogP contribution is 2.19. The lowest BCUT2D eigenvalue weighted by Gasteiger charge is -2.05. The van der Waals surface area contributed by atoms with Gasteiger partial charge in [-0.25, -0.2) is 0 Å². The van der Waals surface area contributed by atoms with Crippen LogP contribution in [-0.4, -0.2) is 9.36 Å². The van der Waals surface area contributed by atoms with E-state index >= 15 is 0 Å². The second kappa shape index (κ2) is 7.75. The number of anilines is 2. The zero-order valence-electron chi connectivity index (χ0n) is 13.8. The van der Waals surface area contributed by atoms with Crippen LogP contribution < -0.4 is 10.6 Å². The Bertz CT molecular complexity index is 807. The average molecular weight is 336 g/mol. The van der Waals surface area contributed by atoms with Gasteiger partial charge in [0.25, 0.3) is 0 Å². The Kier molecular flexibility index (Phi) is 5.23. The number of nitrogens with one attached hydrogen (secondary N) is 2. The highest BCUT2D eigenvalue weighted by atomic mass is 32.1. The molecule has 0 unspecified atom stereocenters.